The molecule has 0 bridgehead atoms. The second kappa shape index (κ2) is 6.43. The fourth-order valence-corrected chi connectivity index (χ4v) is 2.03. The van der Waals surface area contributed by atoms with E-state index in [-0.39, 0.29) is 0 Å². The molecule has 1 heterocycles. The molecule has 100 valence electrons. The lowest BCUT2D eigenvalue weighted by atomic mass is 10.2. The minimum atomic E-state index is 0.715. The molecule has 2 rings (SSSR count). The monoisotopic (exact) mass is 275 g/mol. The van der Waals surface area contributed by atoms with Gasteiger partial charge in [-0.05, 0) is 37.1 Å². The molecule has 0 aliphatic carbocycles. The van der Waals surface area contributed by atoms with Crippen LogP contribution in [0.2, 0.25) is 5.02 Å². The topological polar surface area (TPSA) is 37.0 Å². The van der Waals surface area contributed by atoms with Crippen LogP contribution >= 0.6 is 11.6 Å². The van der Waals surface area contributed by atoms with E-state index in [2.05, 4.69) is 22.5 Å². The molecule has 0 saturated carbocycles. The van der Waals surface area contributed by atoms with Gasteiger partial charge in [-0.15, -0.1) is 0 Å². The predicted octanol–water partition coefficient (Wildman–Crippen LogP) is 4.61. The second-order valence-electron chi connectivity index (χ2n) is 4.50. The third-order valence-electron chi connectivity index (χ3n) is 2.72. The largest absolute Gasteiger partial charge is 0.384 e. The number of hydrogen-bond donors (Lipinski definition) is 2. The number of halogens is 1. The third kappa shape index (κ3) is 3.86. The highest BCUT2D eigenvalue weighted by molar-refractivity contribution is 6.33. The van der Waals surface area contributed by atoms with E-state index in [1.807, 2.05) is 37.4 Å². The third-order valence-corrected chi connectivity index (χ3v) is 3.03. The first-order chi connectivity index (χ1) is 9.19. The standard InChI is InChI=1S/C15H18ClN3/c1-3-6-18-12-8-13(10-17-9-12)19-15-5-4-11(2)7-14(15)16/h4-5,7-10,18-19H,3,6H2,1-2H3. The maximum Gasteiger partial charge on any atom is 0.0643 e. The van der Waals surface area contributed by atoms with Crippen LogP contribution in [0.4, 0.5) is 17.1 Å². The number of pyridine rings is 1. The second-order valence-corrected chi connectivity index (χ2v) is 4.90. The van der Waals surface area contributed by atoms with Crippen LogP contribution in [-0.4, -0.2) is 11.5 Å². The van der Waals surface area contributed by atoms with E-state index in [9.17, 15) is 0 Å². The number of aryl methyl sites for hydroxylation is 1. The summed E-state index contributed by atoms with van der Waals surface area (Å²) in [6.07, 6.45) is 4.69. The zero-order valence-corrected chi connectivity index (χ0v) is 12.0. The van der Waals surface area contributed by atoms with Crippen molar-refractivity contribution in [2.45, 2.75) is 20.3 Å². The highest BCUT2D eigenvalue weighted by atomic mass is 35.5. The van der Waals surface area contributed by atoms with Crippen LogP contribution in [0.5, 0.6) is 0 Å². The molecule has 0 aliphatic rings. The van der Waals surface area contributed by atoms with E-state index in [0.29, 0.717) is 5.02 Å². The van der Waals surface area contributed by atoms with Crippen LogP contribution in [0, 0.1) is 6.92 Å². The molecule has 0 amide bonds. The minimum absolute atomic E-state index is 0.715. The van der Waals surface area contributed by atoms with Gasteiger partial charge in [-0.1, -0.05) is 24.6 Å². The molecule has 4 heteroatoms. The number of anilines is 3. The number of rotatable bonds is 5. The highest BCUT2D eigenvalue weighted by Gasteiger charge is 2.02. The molecule has 1 aromatic carbocycles. The van der Waals surface area contributed by atoms with E-state index in [0.717, 1.165) is 35.6 Å². The Morgan fingerprint density at radius 2 is 1.95 bits per heavy atom. The smallest absolute Gasteiger partial charge is 0.0643 e. The summed E-state index contributed by atoms with van der Waals surface area (Å²) in [5, 5.41) is 7.31. The highest BCUT2D eigenvalue weighted by Crippen LogP contribution is 2.26. The van der Waals surface area contributed by atoms with Gasteiger partial charge in [-0.3, -0.25) is 4.98 Å². The normalized spacial score (nSPS) is 10.3. The lowest BCUT2D eigenvalue weighted by Crippen LogP contribution is -2.01. The Labute approximate surface area is 119 Å². The van der Waals surface area contributed by atoms with Crippen molar-refractivity contribution in [2.24, 2.45) is 0 Å². The van der Waals surface area contributed by atoms with E-state index < -0.39 is 0 Å². The Hall–Kier alpha value is -1.74. The molecule has 0 saturated heterocycles. The van der Waals surface area contributed by atoms with Crippen molar-refractivity contribution in [3.63, 3.8) is 0 Å². The van der Waals surface area contributed by atoms with Gasteiger partial charge in [-0.25, -0.2) is 0 Å². The van der Waals surface area contributed by atoms with Crippen molar-refractivity contribution in [1.29, 1.82) is 0 Å². The molecule has 2 aromatic rings. The summed E-state index contributed by atoms with van der Waals surface area (Å²) in [5.41, 5.74) is 3.97. The van der Waals surface area contributed by atoms with E-state index in [1.165, 1.54) is 0 Å². The fraction of sp³-hybridized carbons (Fsp3) is 0.267. The number of nitrogens with zero attached hydrogens (tertiary/aromatic N) is 1. The molecule has 0 aliphatic heterocycles. The molecule has 1 aromatic heterocycles. The van der Waals surface area contributed by atoms with Crippen molar-refractivity contribution in [2.75, 3.05) is 17.2 Å². The Kier molecular flexibility index (Phi) is 4.63. The lowest BCUT2D eigenvalue weighted by Gasteiger charge is -2.10. The number of nitrogens with one attached hydrogen (secondary N) is 2. The summed E-state index contributed by atoms with van der Waals surface area (Å²) in [6, 6.07) is 7.97. The quantitative estimate of drug-likeness (QED) is 0.837. The zero-order valence-electron chi connectivity index (χ0n) is 11.2. The van der Waals surface area contributed by atoms with Gasteiger partial charge >= 0.3 is 0 Å². The number of hydrogen-bond acceptors (Lipinski definition) is 3. The van der Waals surface area contributed by atoms with Gasteiger partial charge in [0.15, 0.2) is 0 Å². The van der Waals surface area contributed by atoms with Crippen LogP contribution in [0.25, 0.3) is 0 Å². The van der Waals surface area contributed by atoms with Crippen molar-refractivity contribution in [3.05, 3.63) is 47.2 Å². The first kappa shape index (κ1) is 13.7. The van der Waals surface area contributed by atoms with Gasteiger partial charge in [-0.2, -0.15) is 0 Å². The van der Waals surface area contributed by atoms with Gasteiger partial charge in [0.1, 0.15) is 0 Å². The summed E-state index contributed by atoms with van der Waals surface area (Å²) in [5.74, 6) is 0. The molecular formula is C15H18ClN3. The Morgan fingerprint density at radius 3 is 2.68 bits per heavy atom. The molecule has 0 fully saturated rings. The van der Waals surface area contributed by atoms with Crippen LogP contribution in [-0.2, 0) is 0 Å². The van der Waals surface area contributed by atoms with Gasteiger partial charge in [0.05, 0.1) is 34.5 Å². The van der Waals surface area contributed by atoms with Crippen molar-refractivity contribution in [1.82, 2.24) is 4.98 Å². The summed E-state index contributed by atoms with van der Waals surface area (Å²) in [7, 11) is 0. The summed E-state index contributed by atoms with van der Waals surface area (Å²) < 4.78 is 0. The Balaban J connectivity index is 2.14. The van der Waals surface area contributed by atoms with Gasteiger partial charge in [0.25, 0.3) is 0 Å². The van der Waals surface area contributed by atoms with Gasteiger partial charge < -0.3 is 10.6 Å². The van der Waals surface area contributed by atoms with E-state index in [1.54, 1.807) is 6.20 Å². The maximum absolute atomic E-state index is 6.20. The first-order valence-corrected chi connectivity index (χ1v) is 6.79. The molecule has 0 unspecified atom stereocenters. The van der Waals surface area contributed by atoms with Crippen molar-refractivity contribution < 1.29 is 0 Å². The molecular weight excluding hydrogens is 258 g/mol. The Bertz CT molecular complexity index is 555. The average molecular weight is 276 g/mol. The lowest BCUT2D eigenvalue weighted by molar-refractivity contribution is 0.978. The molecule has 0 radical (unpaired) electrons. The summed E-state index contributed by atoms with van der Waals surface area (Å²) >= 11 is 6.20. The van der Waals surface area contributed by atoms with Crippen molar-refractivity contribution >= 4 is 28.7 Å². The fourth-order valence-electron chi connectivity index (χ4n) is 1.75. The molecule has 3 nitrogen and oxygen atoms in total. The van der Waals surface area contributed by atoms with Crippen LogP contribution < -0.4 is 10.6 Å². The first-order valence-electron chi connectivity index (χ1n) is 6.41. The zero-order chi connectivity index (χ0) is 13.7. The van der Waals surface area contributed by atoms with E-state index >= 15 is 0 Å². The van der Waals surface area contributed by atoms with E-state index in [4.69, 9.17) is 11.6 Å². The van der Waals surface area contributed by atoms with Crippen molar-refractivity contribution in [3.8, 4) is 0 Å². The molecule has 19 heavy (non-hydrogen) atoms. The molecule has 0 atom stereocenters. The molecule has 2 N–H and O–H groups in total. The summed E-state index contributed by atoms with van der Waals surface area (Å²) in [4.78, 5) is 4.21. The molecule has 0 spiro atoms. The van der Waals surface area contributed by atoms with Crippen LogP contribution in [0.1, 0.15) is 18.9 Å². The Morgan fingerprint density at radius 1 is 1.16 bits per heavy atom. The number of benzene rings is 1. The average Bonchev–Trinajstić information content (AvgIpc) is 2.40. The SMILES string of the molecule is CCCNc1cncc(Nc2ccc(C)cc2Cl)c1. The van der Waals surface area contributed by atoms with Crippen LogP contribution in [0.15, 0.2) is 36.7 Å². The maximum atomic E-state index is 6.20. The van der Waals surface area contributed by atoms with Gasteiger partial charge in [0, 0.05) is 6.54 Å². The number of aromatic nitrogens is 1. The summed E-state index contributed by atoms with van der Waals surface area (Å²) in [6.45, 7) is 5.09. The predicted molar refractivity (Wildman–Crippen MR) is 82.5 cm³/mol. The van der Waals surface area contributed by atoms with Gasteiger partial charge in [0.2, 0.25) is 0 Å². The minimum Gasteiger partial charge on any atom is -0.384 e. The van der Waals surface area contributed by atoms with Crippen LogP contribution in [0.3, 0.4) is 0 Å².